The number of methoxy groups -OCH3 is 1. The number of nitro benzene ring substituents is 1. The van der Waals surface area contributed by atoms with E-state index in [-0.39, 0.29) is 11.1 Å². The standard InChI is InChI=1S/C13H17NO6S/c1-3-4-5-9-6-7-10(13(15)20-2)12(14(16)17)11(9)8-21(18)19/h6-7,21H,3-5,8H2,1-2H3. The maximum absolute atomic E-state index is 11.6. The Morgan fingerprint density at radius 1 is 1.38 bits per heavy atom. The Labute approximate surface area is 124 Å². The Morgan fingerprint density at radius 2 is 2.05 bits per heavy atom. The van der Waals surface area contributed by atoms with Gasteiger partial charge in [0, 0.05) is 5.56 Å². The predicted octanol–water partition coefficient (Wildman–Crippen LogP) is 1.84. The molecule has 0 fully saturated rings. The van der Waals surface area contributed by atoms with Crippen molar-refractivity contribution < 1.29 is 22.9 Å². The summed E-state index contributed by atoms with van der Waals surface area (Å²) in [5.41, 5.74) is -0.0490. The topological polar surface area (TPSA) is 104 Å². The van der Waals surface area contributed by atoms with Gasteiger partial charge in [-0.05, 0) is 24.5 Å². The van der Waals surface area contributed by atoms with Crippen molar-refractivity contribution in [3.63, 3.8) is 0 Å². The number of nitro groups is 1. The van der Waals surface area contributed by atoms with E-state index in [9.17, 15) is 23.3 Å². The van der Waals surface area contributed by atoms with E-state index < -0.39 is 33.0 Å². The number of carbonyl (C=O) groups is 1. The molecule has 0 aliphatic heterocycles. The van der Waals surface area contributed by atoms with Crippen molar-refractivity contribution >= 4 is 22.4 Å². The molecule has 0 amide bonds. The van der Waals surface area contributed by atoms with Crippen molar-refractivity contribution in [2.45, 2.75) is 31.9 Å². The van der Waals surface area contributed by atoms with Gasteiger partial charge >= 0.3 is 5.97 Å². The molecule has 0 saturated heterocycles. The van der Waals surface area contributed by atoms with Crippen LogP contribution in [0.3, 0.4) is 0 Å². The van der Waals surface area contributed by atoms with Crippen molar-refractivity contribution in [3.8, 4) is 0 Å². The van der Waals surface area contributed by atoms with Crippen LogP contribution >= 0.6 is 0 Å². The van der Waals surface area contributed by atoms with Gasteiger partial charge in [0.2, 0.25) is 0 Å². The van der Waals surface area contributed by atoms with Gasteiger partial charge in [-0.3, -0.25) is 10.1 Å². The zero-order valence-corrected chi connectivity index (χ0v) is 12.7. The third-order valence-corrected chi connectivity index (χ3v) is 3.63. The van der Waals surface area contributed by atoms with Crippen LogP contribution in [0.4, 0.5) is 5.69 Å². The van der Waals surface area contributed by atoms with Crippen molar-refractivity contribution in [2.75, 3.05) is 7.11 Å². The summed E-state index contributed by atoms with van der Waals surface area (Å²) in [5.74, 6) is -1.32. The van der Waals surface area contributed by atoms with Crippen LogP contribution < -0.4 is 0 Å². The van der Waals surface area contributed by atoms with Crippen LogP contribution in [-0.2, 0) is 27.6 Å². The Kier molecular flexibility index (Phi) is 6.29. The average molecular weight is 315 g/mol. The van der Waals surface area contributed by atoms with Gasteiger partial charge in [0.15, 0.2) is 0 Å². The molecule has 8 heteroatoms. The van der Waals surface area contributed by atoms with E-state index in [1.807, 2.05) is 6.92 Å². The second kappa shape index (κ2) is 7.72. The number of carbonyl (C=O) groups excluding carboxylic acids is 1. The molecule has 0 saturated carbocycles. The van der Waals surface area contributed by atoms with Gasteiger partial charge in [-0.25, -0.2) is 13.2 Å². The lowest BCUT2D eigenvalue weighted by Gasteiger charge is -2.10. The fourth-order valence-corrected chi connectivity index (χ4v) is 2.68. The van der Waals surface area contributed by atoms with E-state index in [4.69, 9.17) is 0 Å². The first-order valence-electron chi connectivity index (χ1n) is 6.41. The number of unbranched alkanes of at least 4 members (excludes halogenated alkanes) is 1. The molecule has 0 N–H and O–H groups in total. The molecule has 1 aromatic rings. The van der Waals surface area contributed by atoms with Crippen molar-refractivity contribution in [1.82, 2.24) is 0 Å². The van der Waals surface area contributed by atoms with Gasteiger partial charge in [0.1, 0.15) is 16.3 Å². The van der Waals surface area contributed by atoms with Gasteiger partial charge in [-0.1, -0.05) is 19.4 Å². The van der Waals surface area contributed by atoms with E-state index in [1.54, 1.807) is 6.07 Å². The first-order chi connectivity index (χ1) is 9.92. The molecule has 7 nitrogen and oxygen atoms in total. The van der Waals surface area contributed by atoms with E-state index in [0.717, 1.165) is 20.0 Å². The van der Waals surface area contributed by atoms with Crippen LogP contribution in [0.15, 0.2) is 12.1 Å². The van der Waals surface area contributed by atoms with Crippen LogP contribution in [0.1, 0.15) is 41.3 Å². The number of benzene rings is 1. The highest BCUT2D eigenvalue weighted by Crippen LogP contribution is 2.29. The minimum Gasteiger partial charge on any atom is -0.465 e. The van der Waals surface area contributed by atoms with Gasteiger partial charge < -0.3 is 4.74 Å². The van der Waals surface area contributed by atoms with Gasteiger partial charge in [0.05, 0.1) is 17.8 Å². The number of hydrogen-bond donors (Lipinski definition) is 1. The van der Waals surface area contributed by atoms with Crippen LogP contribution in [-0.4, -0.2) is 26.4 Å². The second-order valence-corrected chi connectivity index (χ2v) is 5.42. The molecule has 0 aliphatic rings. The summed E-state index contributed by atoms with van der Waals surface area (Å²) in [4.78, 5) is 22.2. The van der Waals surface area contributed by atoms with E-state index in [0.29, 0.717) is 12.0 Å². The Balaban J connectivity index is 3.52. The smallest absolute Gasteiger partial charge is 0.344 e. The molecule has 0 unspecified atom stereocenters. The second-order valence-electron chi connectivity index (χ2n) is 4.44. The third kappa shape index (κ3) is 4.25. The van der Waals surface area contributed by atoms with E-state index in [1.165, 1.54) is 6.07 Å². The summed E-state index contributed by atoms with van der Waals surface area (Å²) >= 11 is 0. The highest BCUT2D eigenvalue weighted by Gasteiger charge is 2.27. The van der Waals surface area contributed by atoms with E-state index in [2.05, 4.69) is 4.74 Å². The van der Waals surface area contributed by atoms with Crippen molar-refractivity contribution in [2.24, 2.45) is 0 Å². The van der Waals surface area contributed by atoms with Crippen LogP contribution in [0.2, 0.25) is 0 Å². The lowest BCUT2D eigenvalue weighted by Crippen LogP contribution is -2.10. The molecular weight excluding hydrogens is 298 g/mol. The molecule has 0 radical (unpaired) electrons. The largest absolute Gasteiger partial charge is 0.465 e. The summed E-state index contributed by atoms with van der Waals surface area (Å²) in [6.45, 7) is 1.96. The van der Waals surface area contributed by atoms with E-state index >= 15 is 0 Å². The number of thiol groups is 1. The molecule has 0 spiro atoms. The molecule has 21 heavy (non-hydrogen) atoms. The van der Waals surface area contributed by atoms with Crippen LogP contribution in [0, 0.1) is 10.1 Å². The molecule has 0 bridgehead atoms. The van der Waals surface area contributed by atoms with Crippen LogP contribution in [0.25, 0.3) is 0 Å². The van der Waals surface area contributed by atoms with Gasteiger partial charge in [0.25, 0.3) is 5.69 Å². The first-order valence-corrected chi connectivity index (χ1v) is 7.77. The van der Waals surface area contributed by atoms with Crippen molar-refractivity contribution in [1.29, 1.82) is 0 Å². The fourth-order valence-electron chi connectivity index (χ4n) is 2.07. The lowest BCUT2D eigenvalue weighted by molar-refractivity contribution is -0.385. The summed E-state index contributed by atoms with van der Waals surface area (Å²) in [6.07, 6.45) is 2.17. The minimum atomic E-state index is -2.84. The number of hydrogen-bond acceptors (Lipinski definition) is 6. The Morgan fingerprint density at radius 3 is 2.52 bits per heavy atom. The molecular formula is C13H17NO6S. The number of esters is 1. The monoisotopic (exact) mass is 315 g/mol. The molecule has 0 aliphatic carbocycles. The molecule has 1 aromatic carbocycles. The van der Waals surface area contributed by atoms with Gasteiger partial charge in [-0.15, -0.1) is 0 Å². The maximum atomic E-state index is 11.6. The maximum Gasteiger partial charge on any atom is 0.344 e. The number of rotatable bonds is 7. The predicted molar refractivity (Wildman–Crippen MR) is 77.1 cm³/mol. The molecule has 0 heterocycles. The third-order valence-electron chi connectivity index (χ3n) is 3.05. The fraction of sp³-hybridized carbons (Fsp3) is 0.462. The molecule has 0 atom stereocenters. The Bertz CT molecular complexity index is 615. The summed E-state index contributed by atoms with van der Waals surface area (Å²) in [5, 5.41) is 11.3. The highest BCUT2D eigenvalue weighted by molar-refractivity contribution is 7.71. The summed E-state index contributed by atoms with van der Waals surface area (Å²) < 4.78 is 26.6. The van der Waals surface area contributed by atoms with Crippen LogP contribution in [0.5, 0.6) is 0 Å². The quantitative estimate of drug-likeness (QED) is 0.356. The summed E-state index contributed by atoms with van der Waals surface area (Å²) in [7, 11) is -1.73. The molecule has 116 valence electrons. The summed E-state index contributed by atoms with van der Waals surface area (Å²) in [6, 6.07) is 2.87. The zero-order valence-electron chi connectivity index (χ0n) is 11.8. The minimum absolute atomic E-state index is 0.0764. The molecule has 1 rings (SSSR count). The van der Waals surface area contributed by atoms with Gasteiger partial charge in [-0.2, -0.15) is 0 Å². The first kappa shape index (κ1) is 17.1. The number of aryl methyl sites for hydroxylation is 1. The number of ether oxygens (including phenoxy) is 1. The Hall–Kier alpha value is -1.96. The number of nitrogens with zero attached hydrogens (tertiary/aromatic N) is 1. The molecule has 0 aromatic heterocycles. The average Bonchev–Trinajstić information content (AvgIpc) is 2.43. The lowest BCUT2D eigenvalue weighted by atomic mass is 9.98. The zero-order chi connectivity index (χ0) is 16.0. The SMILES string of the molecule is CCCCc1ccc(C(=O)OC)c([N+](=O)[O-])c1C[SH](=O)=O. The normalized spacial score (nSPS) is 10.6. The van der Waals surface area contributed by atoms with Crippen molar-refractivity contribution in [3.05, 3.63) is 38.9 Å². The highest BCUT2D eigenvalue weighted by atomic mass is 32.2.